The Hall–Kier alpha value is -1.83. The van der Waals surface area contributed by atoms with Gasteiger partial charge in [0, 0.05) is 18.9 Å². The maximum Gasteiger partial charge on any atom is 0.132 e. The minimum Gasteiger partial charge on any atom is -0.329 e. The van der Waals surface area contributed by atoms with E-state index >= 15 is 0 Å². The molecule has 1 heterocycles. The third kappa shape index (κ3) is 2.48. The molecule has 0 aliphatic heterocycles. The van der Waals surface area contributed by atoms with Crippen LogP contribution in [-0.4, -0.2) is 12.0 Å². The van der Waals surface area contributed by atoms with Crippen molar-refractivity contribution < 1.29 is 0 Å². The first-order valence-corrected chi connectivity index (χ1v) is 7.02. The van der Waals surface area contributed by atoms with Crippen molar-refractivity contribution in [1.82, 2.24) is 4.98 Å². The van der Waals surface area contributed by atoms with Crippen LogP contribution in [-0.2, 0) is 12.8 Å². The molecule has 0 N–H and O–H groups in total. The molecular weight excluding hydrogens is 232 g/mol. The van der Waals surface area contributed by atoms with Crippen molar-refractivity contribution in [3.8, 4) is 0 Å². The summed E-state index contributed by atoms with van der Waals surface area (Å²) < 4.78 is 0. The predicted octanol–water partition coefficient (Wildman–Crippen LogP) is 4.04. The highest BCUT2D eigenvalue weighted by molar-refractivity contribution is 5.61. The van der Waals surface area contributed by atoms with Gasteiger partial charge < -0.3 is 4.90 Å². The summed E-state index contributed by atoms with van der Waals surface area (Å²) in [6.07, 6.45) is 7.04. The van der Waals surface area contributed by atoms with E-state index in [0.717, 1.165) is 5.82 Å². The number of anilines is 2. The van der Waals surface area contributed by atoms with Crippen LogP contribution in [0.4, 0.5) is 11.5 Å². The molecule has 0 bridgehead atoms. The molecule has 19 heavy (non-hydrogen) atoms. The summed E-state index contributed by atoms with van der Waals surface area (Å²) >= 11 is 0. The highest BCUT2D eigenvalue weighted by atomic mass is 15.2. The van der Waals surface area contributed by atoms with Gasteiger partial charge in [0.05, 0.1) is 0 Å². The summed E-state index contributed by atoms with van der Waals surface area (Å²) in [5, 5.41) is 0. The minimum atomic E-state index is 1.00. The van der Waals surface area contributed by atoms with Crippen molar-refractivity contribution in [2.75, 3.05) is 11.9 Å². The van der Waals surface area contributed by atoms with Gasteiger partial charge in [-0.1, -0.05) is 12.1 Å². The van der Waals surface area contributed by atoms with Crippen LogP contribution in [0.25, 0.3) is 0 Å². The van der Waals surface area contributed by atoms with Gasteiger partial charge in [0.2, 0.25) is 0 Å². The monoisotopic (exact) mass is 252 g/mol. The number of hydrogen-bond acceptors (Lipinski definition) is 2. The van der Waals surface area contributed by atoms with Gasteiger partial charge in [0.15, 0.2) is 0 Å². The van der Waals surface area contributed by atoms with E-state index in [1.807, 2.05) is 6.20 Å². The molecule has 1 aromatic carbocycles. The molecule has 0 amide bonds. The van der Waals surface area contributed by atoms with Crippen LogP contribution in [0.1, 0.15) is 29.5 Å². The highest BCUT2D eigenvalue weighted by Gasteiger charge is 2.12. The molecule has 0 spiro atoms. The van der Waals surface area contributed by atoms with Crippen molar-refractivity contribution in [1.29, 1.82) is 0 Å². The number of benzene rings is 1. The third-order valence-corrected chi connectivity index (χ3v) is 3.96. The number of aryl methyl sites for hydroxylation is 3. The molecule has 1 aliphatic carbocycles. The number of rotatable bonds is 2. The zero-order valence-corrected chi connectivity index (χ0v) is 11.7. The van der Waals surface area contributed by atoms with Crippen molar-refractivity contribution >= 4 is 11.5 Å². The Morgan fingerprint density at radius 2 is 1.79 bits per heavy atom. The standard InChI is InChI=1S/C17H20N2/c1-13-7-10-17(18-12-13)19(2)16-9-8-14-5-3-4-6-15(14)11-16/h7-12H,3-6H2,1-2H3. The Bertz CT molecular complexity index is 572. The van der Waals surface area contributed by atoms with E-state index in [1.54, 1.807) is 0 Å². The molecule has 1 aromatic heterocycles. The molecule has 0 radical (unpaired) electrons. The number of fused-ring (bicyclic) bond motifs is 1. The number of pyridine rings is 1. The summed E-state index contributed by atoms with van der Waals surface area (Å²) in [5.74, 6) is 1.00. The van der Waals surface area contributed by atoms with Crippen LogP contribution in [0.15, 0.2) is 36.5 Å². The van der Waals surface area contributed by atoms with Crippen LogP contribution in [0, 0.1) is 6.92 Å². The zero-order chi connectivity index (χ0) is 13.2. The predicted molar refractivity (Wildman–Crippen MR) is 80.1 cm³/mol. The van der Waals surface area contributed by atoms with Crippen LogP contribution >= 0.6 is 0 Å². The lowest BCUT2D eigenvalue weighted by Gasteiger charge is -2.22. The molecular formula is C17H20N2. The molecule has 98 valence electrons. The highest BCUT2D eigenvalue weighted by Crippen LogP contribution is 2.28. The topological polar surface area (TPSA) is 16.1 Å². The normalized spacial score (nSPS) is 14.0. The molecule has 2 heteroatoms. The van der Waals surface area contributed by atoms with Crippen molar-refractivity contribution in [2.24, 2.45) is 0 Å². The quantitative estimate of drug-likeness (QED) is 0.802. The SMILES string of the molecule is Cc1ccc(N(C)c2ccc3c(c2)CCCC3)nc1. The lowest BCUT2D eigenvalue weighted by Crippen LogP contribution is -2.12. The van der Waals surface area contributed by atoms with Crippen LogP contribution in [0.3, 0.4) is 0 Å². The lowest BCUT2D eigenvalue weighted by molar-refractivity contribution is 0.685. The van der Waals surface area contributed by atoms with Gasteiger partial charge in [-0.05, 0) is 67.5 Å². The summed E-state index contributed by atoms with van der Waals surface area (Å²) in [6, 6.07) is 11.0. The van der Waals surface area contributed by atoms with Gasteiger partial charge in [0.1, 0.15) is 5.82 Å². The zero-order valence-electron chi connectivity index (χ0n) is 11.7. The average molecular weight is 252 g/mol. The molecule has 1 aliphatic rings. The molecule has 0 fully saturated rings. The largest absolute Gasteiger partial charge is 0.329 e. The van der Waals surface area contributed by atoms with E-state index in [2.05, 4.69) is 54.2 Å². The number of hydrogen-bond donors (Lipinski definition) is 0. The Labute approximate surface area is 115 Å². The van der Waals surface area contributed by atoms with Gasteiger partial charge in [0.25, 0.3) is 0 Å². The average Bonchev–Trinajstić information content (AvgIpc) is 2.47. The van der Waals surface area contributed by atoms with Gasteiger partial charge in [-0.3, -0.25) is 0 Å². The van der Waals surface area contributed by atoms with E-state index in [9.17, 15) is 0 Å². The Morgan fingerprint density at radius 3 is 2.53 bits per heavy atom. The number of aromatic nitrogens is 1. The second kappa shape index (κ2) is 5.04. The maximum absolute atomic E-state index is 4.49. The van der Waals surface area contributed by atoms with Crippen LogP contribution < -0.4 is 4.90 Å². The van der Waals surface area contributed by atoms with Gasteiger partial charge in [-0.2, -0.15) is 0 Å². The smallest absolute Gasteiger partial charge is 0.132 e. The molecule has 3 rings (SSSR count). The van der Waals surface area contributed by atoms with Crippen molar-refractivity contribution in [2.45, 2.75) is 32.6 Å². The number of nitrogens with zero attached hydrogens (tertiary/aromatic N) is 2. The fourth-order valence-electron chi connectivity index (χ4n) is 2.72. The first kappa shape index (κ1) is 12.2. The summed E-state index contributed by atoms with van der Waals surface area (Å²) in [5.41, 5.74) is 5.47. The van der Waals surface area contributed by atoms with E-state index < -0.39 is 0 Å². The van der Waals surface area contributed by atoms with E-state index in [4.69, 9.17) is 0 Å². The van der Waals surface area contributed by atoms with E-state index in [-0.39, 0.29) is 0 Å². The Kier molecular flexibility index (Phi) is 3.24. The van der Waals surface area contributed by atoms with Gasteiger partial charge in [-0.15, -0.1) is 0 Å². The minimum absolute atomic E-state index is 1.00. The van der Waals surface area contributed by atoms with E-state index in [1.165, 1.54) is 48.1 Å². The van der Waals surface area contributed by atoms with Gasteiger partial charge >= 0.3 is 0 Å². The van der Waals surface area contributed by atoms with Crippen LogP contribution in [0.5, 0.6) is 0 Å². The molecule has 0 saturated carbocycles. The molecule has 2 aromatic rings. The first-order chi connectivity index (χ1) is 9.24. The van der Waals surface area contributed by atoms with Crippen molar-refractivity contribution in [3.63, 3.8) is 0 Å². The second-order valence-electron chi connectivity index (χ2n) is 5.41. The summed E-state index contributed by atoms with van der Waals surface area (Å²) in [6.45, 7) is 2.07. The van der Waals surface area contributed by atoms with Crippen LogP contribution in [0.2, 0.25) is 0 Å². The molecule has 0 unspecified atom stereocenters. The first-order valence-electron chi connectivity index (χ1n) is 7.02. The summed E-state index contributed by atoms with van der Waals surface area (Å²) in [4.78, 5) is 6.65. The molecule has 0 saturated heterocycles. The Morgan fingerprint density at radius 1 is 1.00 bits per heavy atom. The fourth-order valence-corrected chi connectivity index (χ4v) is 2.72. The summed E-state index contributed by atoms with van der Waals surface area (Å²) in [7, 11) is 2.09. The fraction of sp³-hybridized carbons (Fsp3) is 0.353. The second-order valence-corrected chi connectivity index (χ2v) is 5.41. The molecule has 2 nitrogen and oxygen atoms in total. The molecule has 0 atom stereocenters. The lowest BCUT2D eigenvalue weighted by atomic mass is 9.91. The third-order valence-electron chi connectivity index (χ3n) is 3.96. The van der Waals surface area contributed by atoms with E-state index in [0.29, 0.717) is 0 Å². The van der Waals surface area contributed by atoms with Crippen molar-refractivity contribution in [3.05, 3.63) is 53.2 Å². The maximum atomic E-state index is 4.49. The Balaban J connectivity index is 1.91. The van der Waals surface area contributed by atoms with Gasteiger partial charge in [-0.25, -0.2) is 4.98 Å².